The number of methoxy groups -OCH3 is 1. The number of primary amides is 1. The number of nitrogens with two attached hydrogens (primary N) is 2. The third kappa shape index (κ3) is 6.00. The zero-order valence-corrected chi connectivity index (χ0v) is 15.4. The lowest BCUT2D eigenvalue weighted by molar-refractivity contribution is -0.119. The zero-order chi connectivity index (χ0) is 19.6. The Morgan fingerprint density at radius 2 is 1.78 bits per heavy atom. The summed E-state index contributed by atoms with van der Waals surface area (Å²) < 4.78 is 10.6. The Morgan fingerprint density at radius 1 is 1.04 bits per heavy atom. The summed E-state index contributed by atoms with van der Waals surface area (Å²) >= 11 is 0. The number of nitrogens with zero attached hydrogens (tertiary/aromatic N) is 1. The van der Waals surface area contributed by atoms with Crippen LogP contribution in [0.25, 0.3) is 0 Å². The number of ether oxygens (including phenoxy) is 2. The molecule has 4 N–H and O–H groups in total. The standard InChI is InChI=1S/C20H25N3O4/c1-26-18-13-16(7-8-17(18)27-14-19(22)24)20(25)23(12-10-21)11-9-15-5-3-2-4-6-15/h2-8,13H,9-12,14,21H2,1H3,(H2,22,24). The number of benzene rings is 2. The van der Waals surface area contributed by atoms with Gasteiger partial charge in [0, 0.05) is 25.2 Å². The average Bonchev–Trinajstić information content (AvgIpc) is 2.69. The molecule has 27 heavy (non-hydrogen) atoms. The number of hydrogen-bond acceptors (Lipinski definition) is 5. The van der Waals surface area contributed by atoms with Gasteiger partial charge in [0.15, 0.2) is 18.1 Å². The minimum atomic E-state index is -0.591. The predicted molar refractivity (Wildman–Crippen MR) is 103 cm³/mol. The van der Waals surface area contributed by atoms with E-state index >= 15 is 0 Å². The Labute approximate surface area is 158 Å². The van der Waals surface area contributed by atoms with Crippen molar-refractivity contribution in [3.63, 3.8) is 0 Å². The van der Waals surface area contributed by atoms with Crippen molar-refractivity contribution in [1.82, 2.24) is 4.90 Å². The summed E-state index contributed by atoms with van der Waals surface area (Å²) in [6.45, 7) is 1.12. The molecule has 0 unspecified atom stereocenters. The van der Waals surface area contributed by atoms with E-state index in [4.69, 9.17) is 20.9 Å². The summed E-state index contributed by atoms with van der Waals surface area (Å²) in [5, 5.41) is 0. The molecular formula is C20H25N3O4. The van der Waals surface area contributed by atoms with E-state index in [1.807, 2.05) is 30.3 Å². The SMILES string of the molecule is COc1cc(C(=O)N(CCN)CCc2ccccc2)ccc1OCC(N)=O. The Hall–Kier alpha value is -3.06. The van der Waals surface area contributed by atoms with Gasteiger partial charge >= 0.3 is 0 Å². The highest BCUT2D eigenvalue weighted by Gasteiger charge is 2.17. The van der Waals surface area contributed by atoms with Gasteiger partial charge in [0.2, 0.25) is 0 Å². The topological polar surface area (TPSA) is 108 Å². The Morgan fingerprint density at radius 3 is 2.41 bits per heavy atom. The van der Waals surface area contributed by atoms with Crippen LogP contribution < -0.4 is 20.9 Å². The van der Waals surface area contributed by atoms with E-state index in [-0.39, 0.29) is 12.5 Å². The molecule has 144 valence electrons. The molecule has 0 aliphatic heterocycles. The van der Waals surface area contributed by atoms with Gasteiger partial charge in [-0.15, -0.1) is 0 Å². The first-order valence-electron chi connectivity index (χ1n) is 8.67. The highest BCUT2D eigenvalue weighted by molar-refractivity contribution is 5.95. The molecule has 0 aliphatic carbocycles. The average molecular weight is 371 g/mol. The largest absolute Gasteiger partial charge is 0.493 e. The Balaban J connectivity index is 2.12. The summed E-state index contributed by atoms with van der Waals surface area (Å²) in [5.41, 5.74) is 12.4. The molecule has 0 aromatic heterocycles. The summed E-state index contributed by atoms with van der Waals surface area (Å²) in [7, 11) is 1.47. The van der Waals surface area contributed by atoms with Crippen LogP contribution in [0.3, 0.4) is 0 Å². The number of carbonyl (C=O) groups is 2. The van der Waals surface area contributed by atoms with E-state index in [1.54, 1.807) is 23.1 Å². The van der Waals surface area contributed by atoms with Gasteiger partial charge in [0.05, 0.1) is 7.11 Å². The third-order valence-electron chi connectivity index (χ3n) is 3.98. The van der Waals surface area contributed by atoms with E-state index in [2.05, 4.69) is 0 Å². The molecule has 7 heteroatoms. The van der Waals surface area contributed by atoms with E-state index in [9.17, 15) is 9.59 Å². The molecule has 2 amide bonds. The second kappa shape index (κ2) is 10.2. The summed E-state index contributed by atoms with van der Waals surface area (Å²) in [4.78, 5) is 25.5. The zero-order valence-electron chi connectivity index (χ0n) is 15.4. The Bertz CT molecular complexity index is 765. The summed E-state index contributed by atoms with van der Waals surface area (Å²) in [6.07, 6.45) is 0.740. The predicted octanol–water partition coefficient (Wildman–Crippen LogP) is 1.20. The van der Waals surface area contributed by atoms with Crippen molar-refractivity contribution in [3.05, 3.63) is 59.7 Å². The van der Waals surface area contributed by atoms with Gasteiger partial charge in [0.1, 0.15) is 0 Å². The quantitative estimate of drug-likeness (QED) is 0.652. The number of hydrogen-bond donors (Lipinski definition) is 2. The highest BCUT2D eigenvalue weighted by atomic mass is 16.5. The Kier molecular flexibility index (Phi) is 7.63. The van der Waals surface area contributed by atoms with Crippen LogP contribution in [-0.4, -0.2) is 50.1 Å². The van der Waals surface area contributed by atoms with E-state index < -0.39 is 5.91 Å². The maximum absolute atomic E-state index is 12.9. The fraction of sp³-hybridized carbons (Fsp3) is 0.300. The highest BCUT2D eigenvalue weighted by Crippen LogP contribution is 2.28. The minimum Gasteiger partial charge on any atom is -0.493 e. The summed E-state index contributed by atoms with van der Waals surface area (Å²) in [6, 6.07) is 14.8. The van der Waals surface area contributed by atoms with E-state index in [0.717, 1.165) is 12.0 Å². The maximum atomic E-state index is 12.9. The molecule has 2 aromatic carbocycles. The fourth-order valence-corrected chi connectivity index (χ4v) is 2.63. The van der Waals surface area contributed by atoms with Crippen molar-refractivity contribution in [1.29, 1.82) is 0 Å². The van der Waals surface area contributed by atoms with Crippen LogP contribution in [0.2, 0.25) is 0 Å². The molecule has 7 nitrogen and oxygen atoms in total. The minimum absolute atomic E-state index is 0.142. The molecule has 2 aromatic rings. The van der Waals surface area contributed by atoms with Crippen molar-refractivity contribution in [3.8, 4) is 11.5 Å². The number of rotatable bonds is 10. The van der Waals surface area contributed by atoms with Gasteiger partial charge in [-0.05, 0) is 30.2 Å². The molecule has 0 aliphatic rings. The first kappa shape index (κ1) is 20.3. The van der Waals surface area contributed by atoms with Crippen LogP contribution >= 0.6 is 0 Å². The lowest BCUT2D eigenvalue weighted by atomic mass is 10.1. The van der Waals surface area contributed by atoms with Crippen molar-refractivity contribution >= 4 is 11.8 Å². The van der Waals surface area contributed by atoms with Crippen molar-refractivity contribution in [2.24, 2.45) is 11.5 Å². The second-order valence-electron chi connectivity index (χ2n) is 5.94. The van der Waals surface area contributed by atoms with Crippen molar-refractivity contribution in [2.75, 3.05) is 33.4 Å². The monoisotopic (exact) mass is 371 g/mol. The number of amides is 2. The van der Waals surface area contributed by atoms with Gasteiger partial charge in [-0.25, -0.2) is 0 Å². The van der Waals surface area contributed by atoms with Gasteiger partial charge < -0.3 is 25.8 Å². The van der Waals surface area contributed by atoms with Crippen molar-refractivity contribution in [2.45, 2.75) is 6.42 Å². The first-order chi connectivity index (χ1) is 13.0. The molecule has 0 heterocycles. The van der Waals surface area contributed by atoms with E-state index in [0.29, 0.717) is 36.7 Å². The van der Waals surface area contributed by atoms with Crippen LogP contribution in [0, 0.1) is 0 Å². The molecule has 2 rings (SSSR count). The molecule has 0 saturated carbocycles. The lowest BCUT2D eigenvalue weighted by Gasteiger charge is -2.22. The molecular weight excluding hydrogens is 346 g/mol. The molecule has 0 spiro atoms. The van der Waals surface area contributed by atoms with Gasteiger partial charge in [0.25, 0.3) is 11.8 Å². The van der Waals surface area contributed by atoms with Crippen molar-refractivity contribution < 1.29 is 19.1 Å². The van der Waals surface area contributed by atoms with Gasteiger partial charge in [-0.1, -0.05) is 30.3 Å². The smallest absolute Gasteiger partial charge is 0.255 e. The molecule has 0 radical (unpaired) electrons. The van der Waals surface area contributed by atoms with Gasteiger partial charge in [-0.2, -0.15) is 0 Å². The molecule has 0 saturated heterocycles. The normalized spacial score (nSPS) is 10.3. The molecule has 0 fully saturated rings. The van der Waals surface area contributed by atoms with Gasteiger partial charge in [-0.3, -0.25) is 9.59 Å². The van der Waals surface area contributed by atoms with Crippen LogP contribution in [0.1, 0.15) is 15.9 Å². The summed E-state index contributed by atoms with van der Waals surface area (Å²) in [5.74, 6) is -0.0243. The first-order valence-corrected chi connectivity index (χ1v) is 8.67. The van der Waals surface area contributed by atoms with Crippen LogP contribution in [0.4, 0.5) is 0 Å². The molecule has 0 bridgehead atoms. The molecule has 0 atom stereocenters. The maximum Gasteiger partial charge on any atom is 0.255 e. The van der Waals surface area contributed by atoms with Crippen LogP contribution in [0.15, 0.2) is 48.5 Å². The van der Waals surface area contributed by atoms with Crippen LogP contribution in [0.5, 0.6) is 11.5 Å². The van der Waals surface area contributed by atoms with Crippen LogP contribution in [-0.2, 0) is 11.2 Å². The number of carbonyl (C=O) groups excluding carboxylic acids is 2. The third-order valence-corrected chi connectivity index (χ3v) is 3.98. The lowest BCUT2D eigenvalue weighted by Crippen LogP contribution is -2.37. The second-order valence-corrected chi connectivity index (χ2v) is 5.94. The fourth-order valence-electron chi connectivity index (χ4n) is 2.63. The van der Waals surface area contributed by atoms with E-state index in [1.165, 1.54) is 7.11 Å².